The summed E-state index contributed by atoms with van der Waals surface area (Å²) in [5, 5.41) is 20.1. The number of aromatic nitrogens is 2. The minimum Gasteiger partial charge on any atom is -0.367 e. The number of benzene rings is 1. The molecule has 0 unspecified atom stereocenters. The number of ether oxygens (including phenoxy) is 1. The predicted octanol–water partition coefficient (Wildman–Crippen LogP) is 2.84. The fraction of sp³-hybridized carbons (Fsp3) is 0.520. The van der Waals surface area contributed by atoms with Crippen LogP contribution in [0.25, 0.3) is 0 Å². The summed E-state index contributed by atoms with van der Waals surface area (Å²) in [4.78, 5) is 18.5. The molecule has 37 heavy (non-hydrogen) atoms. The Labute approximate surface area is 225 Å². The smallest absolute Gasteiger partial charge is 0.252 e. The van der Waals surface area contributed by atoms with Gasteiger partial charge in [-0.1, -0.05) is 35.6 Å². The Kier molecular flexibility index (Phi) is 8.93. The molecule has 3 aliphatic rings. The van der Waals surface area contributed by atoms with Crippen molar-refractivity contribution in [2.45, 2.75) is 42.8 Å². The molecule has 2 aromatic rings. The van der Waals surface area contributed by atoms with Crippen molar-refractivity contribution < 1.29 is 9.53 Å². The molecule has 1 aromatic heterocycles. The fourth-order valence-corrected chi connectivity index (χ4v) is 6.21. The third-order valence-electron chi connectivity index (χ3n) is 6.68. The molecular weight excluding hydrogens is 508 g/mol. The molecule has 3 N–H and O–H groups in total. The second kappa shape index (κ2) is 12.7. The molecule has 0 saturated carbocycles. The second-order valence-electron chi connectivity index (χ2n) is 9.39. The van der Waals surface area contributed by atoms with Gasteiger partial charge >= 0.3 is 0 Å². The Morgan fingerprint density at radius 2 is 2.11 bits per heavy atom. The number of thioether (sulfide) groups is 1. The van der Waals surface area contributed by atoms with Gasteiger partial charge < -0.3 is 20.4 Å². The maximum Gasteiger partial charge on any atom is 0.252 e. The standard InChI is InChI=1S/C25H34N8O2S2/c1-36-21-8-3-2-6-18(21)14-32-12-5-7-20(16-32)35-17-23(34)28-25-31-30-24(37-25)27-19-10-13-33(15-19)22-9-4-11-26-29-22/h2-4,6,8-9,19-20,26H,5,7,10-17H2,1H3,(H,27,30)(H,28,31,34)/t19-,20-/m1/s1. The van der Waals surface area contributed by atoms with Gasteiger partial charge in [-0.05, 0) is 49.8 Å². The average molecular weight is 543 g/mol. The van der Waals surface area contributed by atoms with Gasteiger partial charge in [-0.3, -0.25) is 15.0 Å². The number of piperidine rings is 1. The van der Waals surface area contributed by atoms with Crippen LogP contribution >= 0.6 is 23.1 Å². The van der Waals surface area contributed by atoms with Crippen LogP contribution in [0.5, 0.6) is 0 Å². The lowest BCUT2D eigenvalue weighted by atomic mass is 10.1. The van der Waals surface area contributed by atoms with Crippen molar-refractivity contribution in [1.82, 2.24) is 25.4 Å². The summed E-state index contributed by atoms with van der Waals surface area (Å²) >= 11 is 3.12. The van der Waals surface area contributed by atoms with Gasteiger partial charge in [0.2, 0.25) is 10.3 Å². The normalized spacial score (nSPS) is 22.0. The summed E-state index contributed by atoms with van der Waals surface area (Å²) < 4.78 is 5.98. The minimum atomic E-state index is -0.200. The third-order valence-corrected chi connectivity index (χ3v) is 8.29. The predicted molar refractivity (Wildman–Crippen MR) is 149 cm³/mol. The molecule has 0 aliphatic carbocycles. The topological polar surface area (TPSA) is 107 Å². The monoisotopic (exact) mass is 542 g/mol. The first kappa shape index (κ1) is 26.0. The SMILES string of the molecule is CSc1ccccc1CN1CCC[C@@H](OCC(=O)Nc2nnc(N[C@@H]3CCN(C4=NNCC=C4)C3)s2)C1. The van der Waals surface area contributed by atoms with Crippen molar-refractivity contribution >= 4 is 45.1 Å². The van der Waals surface area contributed by atoms with Crippen LogP contribution in [-0.4, -0.2) is 89.5 Å². The van der Waals surface area contributed by atoms with E-state index in [1.165, 1.54) is 21.8 Å². The molecule has 1 amide bonds. The van der Waals surface area contributed by atoms with Gasteiger partial charge in [0, 0.05) is 37.1 Å². The largest absolute Gasteiger partial charge is 0.367 e. The van der Waals surface area contributed by atoms with Crippen LogP contribution in [0.15, 0.2) is 46.4 Å². The van der Waals surface area contributed by atoms with Crippen LogP contribution in [0.3, 0.4) is 0 Å². The van der Waals surface area contributed by atoms with Crippen molar-refractivity contribution in [2.24, 2.45) is 5.10 Å². The first-order valence-electron chi connectivity index (χ1n) is 12.7. The first-order valence-corrected chi connectivity index (χ1v) is 14.8. The molecule has 12 heteroatoms. The van der Waals surface area contributed by atoms with Crippen LogP contribution in [-0.2, 0) is 16.1 Å². The Hall–Kier alpha value is -2.67. The number of carbonyl (C=O) groups excluding carboxylic acids is 1. The van der Waals surface area contributed by atoms with Gasteiger partial charge in [-0.25, -0.2) is 0 Å². The number of anilines is 2. The number of hydrogen-bond acceptors (Lipinski definition) is 11. The summed E-state index contributed by atoms with van der Waals surface area (Å²) in [7, 11) is 0. The highest BCUT2D eigenvalue weighted by molar-refractivity contribution is 7.98. The molecular formula is C25H34N8O2S2. The zero-order chi connectivity index (χ0) is 25.5. The molecule has 5 rings (SSSR count). The maximum atomic E-state index is 12.5. The van der Waals surface area contributed by atoms with Crippen molar-refractivity contribution in [3.63, 3.8) is 0 Å². The zero-order valence-corrected chi connectivity index (χ0v) is 22.7. The number of nitrogens with zero attached hydrogens (tertiary/aromatic N) is 5. The number of hydrazone groups is 1. The number of amides is 1. The highest BCUT2D eigenvalue weighted by Gasteiger charge is 2.26. The fourth-order valence-electron chi connectivity index (χ4n) is 4.87. The van der Waals surface area contributed by atoms with Crippen LogP contribution in [0.4, 0.5) is 10.3 Å². The van der Waals surface area contributed by atoms with Gasteiger partial charge in [-0.15, -0.1) is 22.0 Å². The highest BCUT2D eigenvalue weighted by Crippen LogP contribution is 2.25. The van der Waals surface area contributed by atoms with Gasteiger partial charge in [0.15, 0.2) is 0 Å². The lowest BCUT2D eigenvalue weighted by molar-refractivity contribution is -0.123. The maximum absolute atomic E-state index is 12.5. The Morgan fingerprint density at radius 1 is 1.22 bits per heavy atom. The highest BCUT2D eigenvalue weighted by atomic mass is 32.2. The molecule has 0 spiro atoms. The molecule has 3 aliphatic heterocycles. The Balaban J connectivity index is 1.04. The summed E-state index contributed by atoms with van der Waals surface area (Å²) in [6.45, 7) is 5.37. The van der Waals surface area contributed by atoms with Gasteiger partial charge in [0.05, 0.1) is 12.6 Å². The van der Waals surface area contributed by atoms with Crippen LogP contribution in [0.2, 0.25) is 0 Å². The van der Waals surface area contributed by atoms with E-state index in [4.69, 9.17) is 4.74 Å². The van der Waals surface area contributed by atoms with E-state index >= 15 is 0 Å². The molecule has 10 nitrogen and oxygen atoms in total. The van der Waals surface area contributed by atoms with Crippen LogP contribution in [0, 0.1) is 0 Å². The van der Waals surface area contributed by atoms with E-state index in [2.05, 4.69) is 83.8 Å². The van der Waals surface area contributed by atoms with E-state index in [-0.39, 0.29) is 24.7 Å². The minimum absolute atomic E-state index is 0.0174. The van der Waals surface area contributed by atoms with Gasteiger partial charge in [0.1, 0.15) is 12.4 Å². The quantitative estimate of drug-likeness (QED) is 0.412. The summed E-state index contributed by atoms with van der Waals surface area (Å²) in [6, 6.07) is 8.80. The Morgan fingerprint density at radius 3 is 2.97 bits per heavy atom. The van der Waals surface area contributed by atoms with E-state index in [9.17, 15) is 4.79 Å². The van der Waals surface area contributed by atoms with Gasteiger partial charge in [-0.2, -0.15) is 5.10 Å². The molecule has 0 radical (unpaired) electrons. The molecule has 1 aromatic carbocycles. The summed E-state index contributed by atoms with van der Waals surface area (Å²) in [6.07, 6.45) is 9.32. The molecule has 2 saturated heterocycles. The molecule has 4 heterocycles. The molecule has 198 valence electrons. The zero-order valence-electron chi connectivity index (χ0n) is 21.1. The second-order valence-corrected chi connectivity index (χ2v) is 11.2. The van der Waals surface area contributed by atoms with Crippen molar-refractivity contribution in [1.29, 1.82) is 0 Å². The number of hydrogen-bond donors (Lipinski definition) is 3. The molecule has 0 bridgehead atoms. The Bertz CT molecular complexity index is 1120. The van der Waals surface area contributed by atoms with E-state index < -0.39 is 0 Å². The average Bonchev–Trinajstić information content (AvgIpc) is 3.58. The number of likely N-dealkylation sites (tertiary alicyclic amines) is 2. The molecule has 2 fully saturated rings. The van der Waals surface area contributed by atoms with Crippen molar-refractivity contribution in [3.05, 3.63) is 42.0 Å². The van der Waals surface area contributed by atoms with E-state index in [0.717, 1.165) is 64.4 Å². The number of rotatable bonds is 9. The van der Waals surface area contributed by atoms with Crippen LogP contribution in [0.1, 0.15) is 24.8 Å². The first-order chi connectivity index (χ1) is 18.2. The van der Waals surface area contributed by atoms with Crippen molar-refractivity contribution in [2.75, 3.05) is 56.2 Å². The van der Waals surface area contributed by atoms with Crippen LogP contribution < -0.4 is 16.1 Å². The number of nitrogens with one attached hydrogen (secondary N) is 3. The lowest BCUT2D eigenvalue weighted by Gasteiger charge is -2.32. The van der Waals surface area contributed by atoms with E-state index in [1.54, 1.807) is 11.8 Å². The number of amidine groups is 1. The molecule has 2 atom stereocenters. The van der Waals surface area contributed by atoms with E-state index in [1.807, 2.05) is 0 Å². The third kappa shape index (κ3) is 7.22. The summed E-state index contributed by atoms with van der Waals surface area (Å²) in [5.41, 5.74) is 4.35. The van der Waals surface area contributed by atoms with E-state index in [0.29, 0.717) is 10.3 Å². The summed E-state index contributed by atoms with van der Waals surface area (Å²) in [5.74, 6) is 0.765. The number of carbonyl (C=O) groups is 1. The lowest BCUT2D eigenvalue weighted by Crippen LogP contribution is -2.40. The van der Waals surface area contributed by atoms with Gasteiger partial charge in [0.25, 0.3) is 5.91 Å². The van der Waals surface area contributed by atoms with Crippen molar-refractivity contribution in [3.8, 4) is 0 Å².